The molecule has 2 aromatic carbocycles. The van der Waals surface area contributed by atoms with E-state index in [2.05, 4.69) is 5.32 Å². The predicted octanol–water partition coefficient (Wildman–Crippen LogP) is 3.41. The molecule has 0 radical (unpaired) electrons. The van der Waals surface area contributed by atoms with Crippen molar-refractivity contribution in [3.05, 3.63) is 64.0 Å². The van der Waals surface area contributed by atoms with Gasteiger partial charge in [-0.05, 0) is 18.2 Å². The highest BCUT2D eigenvalue weighted by atomic mass is 19.1. The first-order chi connectivity index (χ1) is 10.0. The fraction of sp³-hybridized carbons (Fsp3) is 0.200. The smallest absolute Gasteiger partial charge is 0.315 e. The number of rotatable bonds is 5. The van der Waals surface area contributed by atoms with Crippen molar-refractivity contribution in [2.75, 3.05) is 24.3 Å². The molecular weight excluding hydrogens is 273 g/mol. The molecule has 5 nitrogen and oxygen atoms in total. The minimum atomic E-state index is -0.432. The van der Waals surface area contributed by atoms with E-state index in [1.807, 2.05) is 0 Å². The number of hydrogen-bond acceptors (Lipinski definition) is 4. The topological polar surface area (TPSA) is 58.4 Å². The van der Waals surface area contributed by atoms with Gasteiger partial charge in [0.05, 0.1) is 4.92 Å². The maximum absolute atomic E-state index is 13.7. The average molecular weight is 289 g/mol. The molecule has 1 N–H and O–H groups in total. The molecule has 0 aliphatic carbocycles. The summed E-state index contributed by atoms with van der Waals surface area (Å²) < 4.78 is 13.7. The van der Waals surface area contributed by atoms with Gasteiger partial charge in [-0.3, -0.25) is 10.1 Å². The molecule has 0 aromatic heterocycles. The van der Waals surface area contributed by atoms with Crippen molar-refractivity contribution < 1.29 is 9.31 Å². The molecule has 0 bridgehead atoms. The first-order valence-electron chi connectivity index (χ1n) is 6.44. The van der Waals surface area contributed by atoms with E-state index in [-0.39, 0.29) is 18.0 Å². The third-order valence-corrected chi connectivity index (χ3v) is 3.24. The molecule has 0 aliphatic rings. The molecule has 0 saturated heterocycles. The molecule has 0 aliphatic heterocycles. The summed E-state index contributed by atoms with van der Waals surface area (Å²) >= 11 is 0. The van der Waals surface area contributed by atoms with Crippen LogP contribution in [-0.2, 0) is 6.54 Å². The molecular formula is C15H16FN3O2. The molecule has 6 heteroatoms. The highest BCUT2D eigenvalue weighted by Crippen LogP contribution is 2.35. The number of para-hydroxylation sites is 1. The zero-order chi connectivity index (χ0) is 15.4. The normalized spacial score (nSPS) is 10.2. The lowest BCUT2D eigenvalue weighted by Crippen LogP contribution is -2.19. The van der Waals surface area contributed by atoms with E-state index < -0.39 is 4.92 Å². The Kier molecular flexibility index (Phi) is 4.37. The number of nitro groups is 1. The maximum atomic E-state index is 13.7. The highest BCUT2D eigenvalue weighted by Gasteiger charge is 2.22. The Morgan fingerprint density at radius 2 is 1.95 bits per heavy atom. The lowest BCUT2D eigenvalue weighted by molar-refractivity contribution is -0.383. The van der Waals surface area contributed by atoms with Crippen LogP contribution in [0.4, 0.5) is 21.5 Å². The summed E-state index contributed by atoms with van der Waals surface area (Å²) in [6.07, 6.45) is 0. The van der Waals surface area contributed by atoms with E-state index in [1.54, 1.807) is 55.4 Å². The molecule has 0 heterocycles. The van der Waals surface area contributed by atoms with Gasteiger partial charge >= 0.3 is 5.69 Å². The van der Waals surface area contributed by atoms with Crippen LogP contribution in [0.5, 0.6) is 0 Å². The lowest BCUT2D eigenvalue weighted by atomic mass is 10.1. The summed E-state index contributed by atoms with van der Waals surface area (Å²) in [6.45, 7) is 0.251. The van der Waals surface area contributed by atoms with Crippen molar-refractivity contribution in [2.45, 2.75) is 6.54 Å². The van der Waals surface area contributed by atoms with Gasteiger partial charge in [-0.2, -0.15) is 0 Å². The fourth-order valence-corrected chi connectivity index (χ4v) is 2.20. The van der Waals surface area contributed by atoms with Crippen LogP contribution in [0.1, 0.15) is 5.56 Å². The van der Waals surface area contributed by atoms with Gasteiger partial charge in [0.25, 0.3) is 0 Å². The van der Waals surface area contributed by atoms with Gasteiger partial charge in [-0.25, -0.2) is 4.39 Å². The van der Waals surface area contributed by atoms with Gasteiger partial charge in [0.15, 0.2) is 0 Å². The predicted molar refractivity (Wildman–Crippen MR) is 81.2 cm³/mol. The minimum absolute atomic E-state index is 0.0150. The fourth-order valence-electron chi connectivity index (χ4n) is 2.20. The van der Waals surface area contributed by atoms with Gasteiger partial charge in [-0.1, -0.05) is 24.3 Å². The molecule has 0 amide bonds. The molecule has 110 valence electrons. The monoisotopic (exact) mass is 289 g/mol. The molecule has 0 atom stereocenters. The SMILES string of the molecule is CNc1cccc(N(C)Cc2ccccc2F)c1[N+](=O)[O-]. The number of hydrogen-bond donors (Lipinski definition) is 1. The van der Waals surface area contributed by atoms with Crippen molar-refractivity contribution in [1.29, 1.82) is 0 Å². The number of benzene rings is 2. The second-order valence-corrected chi connectivity index (χ2v) is 4.63. The van der Waals surface area contributed by atoms with Crippen LogP contribution in [0.15, 0.2) is 42.5 Å². The molecule has 2 aromatic rings. The number of halogens is 1. The third kappa shape index (κ3) is 3.10. The van der Waals surface area contributed by atoms with Crippen LogP contribution in [0.2, 0.25) is 0 Å². The van der Waals surface area contributed by atoms with Crippen LogP contribution in [-0.4, -0.2) is 19.0 Å². The second-order valence-electron chi connectivity index (χ2n) is 4.63. The van der Waals surface area contributed by atoms with Gasteiger partial charge in [-0.15, -0.1) is 0 Å². The van der Waals surface area contributed by atoms with Crippen LogP contribution >= 0.6 is 0 Å². The van der Waals surface area contributed by atoms with Crippen molar-refractivity contribution in [3.63, 3.8) is 0 Å². The molecule has 2 rings (SSSR count). The van der Waals surface area contributed by atoms with E-state index in [9.17, 15) is 14.5 Å². The van der Waals surface area contributed by atoms with Gasteiger partial charge in [0.1, 0.15) is 17.2 Å². The molecule has 21 heavy (non-hydrogen) atoms. The number of nitro benzene ring substituents is 1. The van der Waals surface area contributed by atoms with E-state index in [4.69, 9.17) is 0 Å². The van der Waals surface area contributed by atoms with Crippen molar-refractivity contribution in [2.24, 2.45) is 0 Å². The largest absolute Gasteiger partial charge is 0.382 e. The quantitative estimate of drug-likeness (QED) is 0.677. The first kappa shape index (κ1) is 14.8. The third-order valence-electron chi connectivity index (χ3n) is 3.24. The van der Waals surface area contributed by atoms with E-state index in [1.165, 1.54) is 6.07 Å². The Labute approximate surface area is 122 Å². The number of anilines is 2. The Hall–Kier alpha value is -2.63. The molecule has 0 unspecified atom stereocenters. The van der Waals surface area contributed by atoms with E-state index in [0.29, 0.717) is 16.9 Å². The first-order valence-corrected chi connectivity index (χ1v) is 6.44. The zero-order valence-corrected chi connectivity index (χ0v) is 11.8. The van der Waals surface area contributed by atoms with E-state index in [0.717, 1.165) is 0 Å². The van der Waals surface area contributed by atoms with Gasteiger partial charge < -0.3 is 10.2 Å². The van der Waals surface area contributed by atoms with Crippen molar-refractivity contribution in [3.8, 4) is 0 Å². The van der Waals surface area contributed by atoms with E-state index >= 15 is 0 Å². The molecule has 0 spiro atoms. The Bertz CT molecular complexity index is 661. The lowest BCUT2D eigenvalue weighted by Gasteiger charge is -2.20. The number of nitrogens with zero attached hydrogens (tertiary/aromatic N) is 2. The summed E-state index contributed by atoms with van der Waals surface area (Å²) in [5.41, 5.74) is 1.34. The Morgan fingerprint density at radius 3 is 2.57 bits per heavy atom. The summed E-state index contributed by atoms with van der Waals surface area (Å²) in [7, 11) is 3.33. The second kappa shape index (κ2) is 6.21. The van der Waals surface area contributed by atoms with Crippen molar-refractivity contribution >= 4 is 17.1 Å². The van der Waals surface area contributed by atoms with Crippen LogP contribution in [0.25, 0.3) is 0 Å². The minimum Gasteiger partial charge on any atom is -0.382 e. The summed E-state index contributed by atoms with van der Waals surface area (Å²) in [5.74, 6) is -0.322. The maximum Gasteiger partial charge on any atom is 0.315 e. The van der Waals surface area contributed by atoms with Crippen molar-refractivity contribution in [1.82, 2.24) is 0 Å². The Morgan fingerprint density at radius 1 is 1.24 bits per heavy atom. The standard InChI is InChI=1S/C15H16FN3O2/c1-17-13-8-5-9-14(15(13)19(20)21)18(2)10-11-6-3-4-7-12(11)16/h3-9,17H,10H2,1-2H3. The average Bonchev–Trinajstić information content (AvgIpc) is 2.48. The number of nitrogens with one attached hydrogen (secondary N) is 1. The highest BCUT2D eigenvalue weighted by molar-refractivity contribution is 5.76. The molecule has 0 fully saturated rings. The van der Waals surface area contributed by atoms with Crippen LogP contribution in [0.3, 0.4) is 0 Å². The zero-order valence-electron chi connectivity index (χ0n) is 11.8. The van der Waals surface area contributed by atoms with Gasteiger partial charge in [0.2, 0.25) is 0 Å². The van der Waals surface area contributed by atoms with Crippen LogP contribution in [0, 0.1) is 15.9 Å². The Balaban J connectivity index is 2.37. The van der Waals surface area contributed by atoms with Gasteiger partial charge in [0, 0.05) is 26.2 Å². The summed E-state index contributed by atoms with van der Waals surface area (Å²) in [5, 5.41) is 14.1. The summed E-state index contributed by atoms with van der Waals surface area (Å²) in [6, 6.07) is 11.4. The van der Waals surface area contributed by atoms with Crippen LogP contribution < -0.4 is 10.2 Å². The molecule has 0 saturated carbocycles. The summed E-state index contributed by atoms with van der Waals surface area (Å²) in [4.78, 5) is 12.5.